The molecule has 0 N–H and O–H groups in total. The molecule has 4 nitrogen and oxygen atoms in total. The SMILES string of the molecule is Cc1cc(=O)n(-c2ccc(N3CCC(Cc4ccc(Cl)c(C)c4)CC3)c(Cl)c2)c(C)n1. The number of rotatable bonds is 4. The van der Waals surface area contributed by atoms with Gasteiger partial charge in [0.25, 0.3) is 5.56 Å². The van der Waals surface area contributed by atoms with Crippen molar-refractivity contribution in [1.82, 2.24) is 9.55 Å². The normalized spacial score (nSPS) is 14.8. The van der Waals surface area contributed by atoms with Gasteiger partial charge in [0.15, 0.2) is 0 Å². The molecule has 2 aromatic carbocycles. The summed E-state index contributed by atoms with van der Waals surface area (Å²) in [5, 5.41) is 1.49. The van der Waals surface area contributed by atoms with Gasteiger partial charge in [-0.3, -0.25) is 9.36 Å². The third-order valence-electron chi connectivity index (χ3n) is 6.11. The van der Waals surface area contributed by atoms with Crippen molar-refractivity contribution in [2.45, 2.75) is 40.0 Å². The molecule has 0 radical (unpaired) electrons. The van der Waals surface area contributed by atoms with Crippen LogP contribution in [-0.2, 0) is 6.42 Å². The van der Waals surface area contributed by atoms with Crippen molar-refractivity contribution in [3.8, 4) is 5.69 Å². The van der Waals surface area contributed by atoms with Gasteiger partial charge in [-0.15, -0.1) is 0 Å². The molecule has 0 spiro atoms. The molecule has 0 unspecified atom stereocenters. The van der Waals surface area contributed by atoms with Gasteiger partial charge in [-0.05, 0) is 81.3 Å². The fourth-order valence-corrected chi connectivity index (χ4v) is 4.90. The number of hydrogen-bond acceptors (Lipinski definition) is 3. The summed E-state index contributed by atoms with van der Waals surface area (Å²) in [4.78, 5) is 19.2. The zero-order valence-corrected chi connectivity index (χ0v) is 19.7. The number of hydrogen-bond donors (Lipinski definition) is 0. The largest absolute Gasteiger partial charge is 0.370 e. The smallest absolute Gasteiger partial charge is 0.258 e. The van der Waals surface area contributed by atoms with Gasteiger partial charge in [0.2, 0.25) is 0 Å². The average molecular weight is 456 g/mol. The number of aromatic nitrogens is 2. The monoisotopic (exact) mass is 455 g/mol. The van der Waals surface area contributed by atoms with Gasteiger partial charge >= 0.3 is 0 Å². The van der Waals surface area contributed by atoms with Gasteiger partial charge in [0, 0.05) is 29.9 Å². The molecule has 1 aliphatic heterocycles. The predicted molar refractivity (Wildman–Crippen MR) is 129 cm³/mol. The van der Waals surface area contributed by atoms with E-state index in [0.29, 0.717) is 16.8 Å². The van der Waals surface area contributed by atoms with Crippen LogP contribution < -0.4 is 10.5 Å². The second-order valence-electron chi connectivity index (χ2n) is 8.47. The summed E-state index contributed by atoms with van der Waals surface area (Å²) in [5.74, 6) is 1.32. The molecule has 0 saturated carbocycles. The predicted octanol–water partition coefficient (Wildman–Crippen LogP) is 5.92. The maximum atomic E-state index is 12.4. The third kappa shape index (κ3) is 4.81. The van der Waals surface area contributed by atoms with E-state index in [4.69, 9.17) is 23.2 Å². The lowest BCUT2D eigenvalue weighted by Crippen LogP contribution is -2.34. The first-order valence-corrected chi connectivity index (χ1v) is 11.4. The number of aryl methyl sites for hydroxylation is 3. The molecule has 4 rings (SSSR count). The minimum absolute atomic E-state index is 0.0907. The van der Waals surface area contributed by atoms with Crippen molar-refractivity contribution < 1.29 is 0 Å². The molecule has 31 heavy (non-hydrogen) atoms. The van der Waals surface area contributed by atoms with Crippen molar-refractivity contribution in [2.24, 2.45) is 5.92 Å². The first-order chi connectivity index (χ1) is 14.8. The standard InChI is InChI=1S/C25H27Cl2N3O/c1-16-12-20(4-6-22(16)26)14-19-8-10-29(11-9-19)24-7-5-21(15-23(24)27)30-18(3)28-17(2)13-25(30)31/h4-7,12-13,15,19H,8-11,14H2,1-3H3. The van der Waals surface area contributed by atoms with E-state index in [2.05, 4.69) is 28.9 Å². The maximum Gasteiger partial charge on any atom is 0.258 e. The van der Waals surface area contributed by atoms with Crippen LogP contribution in [0.4, 0.5) is 5.69 Å². The molecule has 1 saturated heterocycles. The number of anilines is 1. The summed E-state index contributed by atoms with van der Waals surface area (Å²) in [5.41, 5.74) is 4.90. The number of piperidine rings is 1. The Hall–Kier alpha value is -2.30. The van der Waals surface area contributed by atoms with Crippen molar-refractivity contribution in [2.75, 3.05) is 18.0 Å². The number of halogens is 2. The minimum Gasteiger partial charge on any atom is -0.370 e. The van der Waals surface area contributed by atoms with Crippen LogP contribution in [0.25, 0.3) is 5.69 Å². The van der Waals surface area contributed by atoms with Crippen molar-refractivity contribution in [1.29, 1.82) is 0 Å². The van der Waals surface area contributed by atoms with Gasteiger partial charge in [-0.25, -0.2) is 4.98 Å². The second kappa shape index (κ2) is 9.05. The Balaban J connectivity index is 1.45. The minimum atomic E-state index is -0.0907. The van der Waals surface area contributed by atoms with E-state index in [1.165, 1.54) is 5.56 Å². The molecule has 2 heterocycles. The molecular formula is C25H27Cl2N3O. The van der Waals surface area contributed by atoms with E-state index in [-0.39, 0.29) is 5.56 Å². The molecule has 1 fully saturated rings. The lowest BCUT2D eigenvalue weighted by molar-refractivity contribution is 0.403. The Morgan fingerprint density at radius 3 is 2.35 bits per heavy atom. The number of benzene rings is 2. The van der Waals surface area contributed by atoms with Crippen molar-refractivity contribution in [3.63, 3.8) is 0 Å². The summed E-state index contributed by atoms with van der Waals surface area (Å²) in [6.07, 6.45) is 3.33. The van der Waals surface area contributed by atoms with Crippen LogP contribution in [0.5, 0.6) is 0 Å². The van der Waals surface area contributed by atoms with E-state index in [9.17, 15) is 4.79 Å². The van der Waals surface area contributed by atoms with Crippen molar-refractivity contribution in [3.05, 3.63) is 85.5 Å². The topological polar surface area (TPSA) is 38.1 Å². The highest BCUT2D eigenvalue weighted by atomic mass is 35.5. The number of nitrogens with zero attached hydrogens (tertiary/aromatic N) is 3. The lowest BCUT2D eigenvalue weighted by Gasteiger charge is -2.34. The molecule has 0 atom stereocenters. The molecule has 1 aromatic heterocycles. The zero-order valence-electron chi connectivity index (χ0n) is 18.2. The molecule has 162 valence electrons. The highest BCUT2D eigenvalue weighted by Gasteiger charge is 2.22. The molecule has 1 aliphatic rings. The highest BCUT2D eigenvalue weighted by Crippen LogP contribution is 2.32. The molecule has 0 bridgehead atoms. The molecule has 0 aliphatic carbocycles. The van der Waals surface area contributed by atoms with E-state index in [0.717, 1.165) is 60.0 Å². The highest BCUT2D eigenvalue weighted by molar-refractivity contribution is 6.33. The van der Waals surface area contributed by atoms with Gasteiger partial charge in [0.05, 0.1) is 16.4 Å². The van der Waals surface area contributed by atoms with Crippen LogP contribution in [0.3, 0.4) is 0 Å². The summed E-state index contributed by atoms with van der Waals surface area (Å²) in [7, 11) is 0. The van der Waals surface area contributed by atoms with Crippen molar-refractivity contribution >= 4 is 28.9 Å². The lowest BCUT2D eigenvalue weighted by atomic mass is 9.89. The summed E-state index contributed by atoms with van der Waals surface area (Å²) in [6.45, 7) is 7.67. The van der Waals surface area contributed by atoms with Gasteiger partial charge in [0.1, 0.15) is 5.82 Å². The summed E-state index contributed by atoms with van der Waals surface area (Å²) in [6, 6.07) is 13.7. The van der Waals surface area contributed by atoms with Crippen LogP contribution in [0.2, 0.25) is 10.0 Å². The first kappa shape index (κ1) is 21.9. The van der Waals surface area contributed by atoms with Crippen LogP contribution in [0, 0.1) is 26.7 Å². The summed E-state index contributed by atoms with van der Waals surface area (Å²) < 4.78 is 1.60. The Morgan fingerprint density at radius 2 is 1.71 bits per heavy atom. The van der Waals surface area contributed by atoms with Crippen LogP contribution in [0.15, 0.2) is 47.3 Å². The van der Waals surface area contributed by atoms with E-state index in [1.54, 1.807) is 10.6 Å². The van der Waals surface area contributed by atoms with Gasteiger partial charge < -0.3 is 4.90 Å². The average Bonchev–Trinajstić information content (AvgIpc) is 2.71. The molecule has 0 amide bonds. The molecule has 6 heteroatoms. The Morgan fingerprint density at radius 1 is 0.968 bits per heavy atom. The fourth-order valence-electron chi connectivity index (χ4n) is 4.49. The van der Waals surface area contributed by atoms with E-state index < -0.39 is 0 Å². The second-order valence-corrected chi connectivity index (χ2v) is 9.29. The Bertz CT molecular complexity index is 1160. The van der Waals surface area contributed by atoms with Gasteiger partial charge in [-0.1, -0.05) is 35.3 Å². The first-order valence-electron chi connectivity index (χ1n) is 10.7. The fraction of sp³-hybridized carbons (Fsp3) is 0.360. The zero-order chi connectivity index (χ0) is 22.1. The Labute approximate surface area is 193 Å². The van der Waals surface area contributed by atoms with Crippen LogP contribution >= 0.6 is 23.2 Å². The van der Waals surface area contributed by atoms with E-state index in [1.807, 2.05) is 38.1 Å². The third-order valence-corrected chi connectivity index (χ3v) is 6.83. The molecular weight excluding hydrogens is 429 g/mol. The quantitative estimate of drug-likeness (QED) is 0.489. The maximum absolute atomic E-state index is 12.4. The van der Waals surface area contributed by atoms with Crippen LogP contribution in [0.1, 0.15) is 35.5 Å². The molecule has 3 aromatic rings. The Kier molecular flexibility index (Phi) is 6.40. The van der Waals surface area contributed by atoms with Crippen LogP contribution in [-0.4, -0.2) is 22.6 Å². The summed E-state index contributed by atoms with van der Waals surface area (Å²) >= 11 is 12.8. The van der Waals surface area contributed by atoms with E-state index >= 15 is 0 Å². The van der Waals surface area contributed by atoms with Gasteiger partial charge in [-0.2, -0.15) is 0 Å².